The van der Waals surface area contributed by atoms with Gasteiger partial charge in [-0.15, -0.1) is 11.7 Å². The van der Waals surface area contributed by atoms with Crippen LogP contribution in [0.25, 0.3) is 10.9 Å². The molecule has 13 heteroatoms. The Morgan fingerprint density at radius 3 is 2.65 bits per heavy atom. The van der Waals surface area contributed by atoms with Crippen LogP contribution in [0.5, 0.6) is 5.75 Å². The van der Waals surface area contributed by atoms with E-state index in [4.69, 9.17) is 11.6 Å². The molecule has 0 aliphatic carbocycles. The first-order chi connectivity index (χ1) is 16.0. The summed E-state index contributed by atoms with van der Waals surface area (Å²) in [4.78, 5) is 27.6. The minimum absolute atomic E-state index is 0.0274. The fraction of sp³-hybridized carbons (Fsp3) is 0.286. The first-order valence-corrected chi connectivity index (χ1v) is 12.3. The Morgan fingerprint density at radius 1 is 1.32 bits per heavy atom. The smallest absolute Gasteiger partial charge is 0.280 e. The Balaban J connectivity index is 2.07. The van der Waals surface area contributed by atoms with Crippen LogP contribution in [0.1, 0.15) is 16.1 Å². The number of carbonyl (C=O) groups is 1. The largest absolute Gasteiger partial charge is 0.505 e. The molecule has 0 fully saturated rings. The monoisotopic (exact) mass is 509 g/mol. The van der Waals surface area contributed by atoms with E-state index in [1.807, 2.05) is 0 Å². The molecule has 1 aromatic carbocycles. The molecule has 3 heterocycles. The number of sulfonamides is 1. The lowest BCUT2D eigenvalue weighted by Crippen LogP contribution is -2.38. The van der Waals surface area contributed by atoms with Crippen LogP contribution in [0, 0.1) is 5.82 Å². The summed E-state index contributed by atoms with van der Waals surface area (Å²) in [5.41, 5.74) is -0.431. The van der Waals surface area contributed by atoms with Crippen molar-refractivity contribution < 1.29 is 22.7 Å². The molecule has 0 atom stereocenters. The molecule has 1 aliphatic rings. The molecule has 180 valence electrons. The molecule has 2 aromatic heterocycles. The molecule has 3 aromatic rings. The van der Waals surface area contributed by atoms with Crippen LogP contribution < -0.4 is 9.86 Å². The lowest BCUT2D eigenvalue weighted by molar-refractivity contribution is 0.0747. The quantitative estimate of drug-likeness (QED) is 0.506. The second-order valence-electron chi connectivity index (χ2n) is 7.92. The minimum atomic E-state index is -3.90. The molecule has 10 nitrogen and oxygen atoms in total. The number of anilines is 1. The Labute approximate surface area is 199 Å². The zero-order chi connectivity index (χ0) is 24.9. The average Bonchev–Trinajstić information content (AvgIpc) is 3.06. The highest BCUT2D eigenvalue weighted by Gasteiger charge is 2.35. The summed E-state index contributed by atoms with van der Waals surface area (Å²) in [5.74, 6) is -1.87. The van der Waals surface area contributed by atoms with Gasteiger partial charge < -0.3 is 14.6 Å². The zero-order valence-corrected chi connectivity index (χ0v) is 19.9. The fourth-order valence-corrected chi connectivity index (χ4v) is 4.95. The third-order valence-corrected chi connectivity index (χ3v) is 6.98. The van der Waals surface area contributed by atoms with Gasteiger partial charge in [-0.3, -0.25) is 9.59 Å². The van der Waals surface area contributed by atoms with E-state index in [2.05, 4.69) is 11.7 Å². The van der Waals surface area contributed by atoms with Crippen molar-refractivity contribution in [3.05, 3.63) is 63.3 Å². The third kappa shape index (κ3) is 3.82. The number of hydrogen-bond donors (Lipinski definition) is 1. The molecule has 0 radical (unpaired) electrons. The molecule has 1 N–H and O–H groups in total. The molecule has 0 unspecified atom stereocenters. The number of nitrogens with zero attached hydrogens (tertiary/aromatic N) is 5. The van der Waals surface area contributed by atoms with Crippen molar-refractivity contribution >= 4 is 44.3 Å². The number of likely N-dealkylation sites (N-methyl/N-ethyl adjacent to an activating group) is 1. The Kier molecular flexibility index (Phi) is 5.90. The van der Waals surface area contributed by atoms with Gasteiger partial charge >= 0.3 is 0 Å². The number of rotatable bonds is 6. The number of fused-ring (bicyclic) bond motifs is 3. The predicted octanol–water partition coefficient (Wildman–Crippen LogP) is 1.78. The van der Waals surface area contributed by atoms with E-state index >= 15 is 0 Å². The van der Waals surface area contributed by atoms with Gasteiger partial charge in [-0.05, 0) is 17.7 Å². The molecule has 0 saturated heterocycles. The van der Waals surface area contributed by atoms with Gasteiger partial charge in [0, 0.05) is 20.1 Å². The number of benzene rings is 1. The standard InChI is InChI=1S/C21H21ClFN5O5S/c1-4-7-28(34(3,32)33)19-16-15(18(29)17-21(31)25(2)8-9-26(16)17)20(30)27(24-19)11-12-5-6-14(23)13(22)10-12/h4-6,10,29H,1,7-9,11H2,2-3H3. The summed E-state index contributed by atoms with van der Waals surface area (Å²) in [6.07, 6.45) is 2.32. The molecule has 1 aliphatic heterocycles. The molecule has 0 bridgehead atoms. The zero-order valence-electron chi connectivity index (χ0n) is 18.3. The van der Waals surface area contributed by atoms with Crippen LogP contribution in [0.4, 0.5) is 10.2 Å². The van der Waals surface area contributed by atoms with Crippen molar-refractivity contribution in [3.63, 3.8) is 0 Å². The normalized spacial score (nSPS) is 13.9. The average molecular weight is 510 g/mol. The van der Waals surface area contributed by atoms with Gasteiger partial charge in [0.15, 0.2) is 17.3 Å². The summed E-state index contributed by atoms with van der Waals surface area (Å²) < 4.78 is 42.2. The predicted molar refractivity (Wildman–Crippen MR) is 126 cm³/mol. The van der Waals surface area contributed by atoms with Crippen LogP contribution >= 0.6 is 11.6 Å². The van der Waals surface area contributed by atoms with Crippen LogP contribution in [0.3, 0.4) is 0 Å². The maximum absolute atomic E-state index is 13.6. The van der Waals surface area contributed by atoms with Crippen molar-refractivity contribution in [2.24, 2.45) is 0 Å². The molecule has 1 amide bonds. The molecular formula is C21H21ClFN5O5S. The van der Waals surface area contributed by atoms with Crippen molar-refractivity contribution in [1.29, 1.82) is 0 Å². The van der Waals surface area contributed by atoms with Crippen LogP contribution in [0.2, 0.25) is 5.02 Å². The molecular weight excluding hydrogens is 489 g/mol. The summed E-state index contributed by atoms with van der Waals surface area (Å²) in [5, 5.41) is 14.9. The number of halogens is 2. The first kappa shape index (κ1) is 23.8. The van der Waals surface area contributed by atoms with Gasteiger partial charge in [0.1, 0.15) is 16.7 Å². The minimum Gasteiger partial charge on any atom is -0.505 e. The highest BCUT2D eigenvalue weighted by Crippen LogP contribution is 2.37. The number of aromatic hydroxyl groups is 1. The van der Waals surface area contributed by atoms with E-state index in [9.17, 15) is 27.5 Å². The lowest BCUT2D eigenvalue weighted by atomic mass is 10.2. The van der Waals surface area contributed by atoms with E-state index < -0.39 is 33.1 Å². The van der Waals surface area contributed by atoms with Gasteiger partial charge in [0.25, 0.3) is 11.5 Å². The van der Waals surface area contributed by atoms with Gasteiger partial charge in [0.05, 0.1) is 24.4 Å². The molecule has 4 rings (SSSR count). The topological polar surface area (TPSA) is 118 Å². The van der Waals surface area contributed by atoms with Crippen molar-refractivity contribution in [1.82, 2.24) is 19.2 Å². The van der Waals surface area contributed by atoms with Crippen LogP contribution in [0.15, 0.2) is 35.6 Å². The van der Waals surface area contributed by atoms with Gasteiger partial charge in [-0.25, -0.2) is 21.8 Å². The second-order valence-corrected chi connectivity index (χ2v) is 10.2. The third-order valence-electron chi connectivity index (χ3n) is 5.57. The van der Waals surface area contributed by atoms with Crippen molar-refractivity contribution in [2.75, 3.05) is 30.7 Å². The molecule has 34 heavy (non-hydrogen) atoms. The van der Waals surface area contributed by atoms with E-state index in [1.165, 1.54) is 27.7 Å². The van der Waals surface area contributed by atoms with Crippen molar-refractivity contribution in [3.8, 4) is 5.75 Å². The summed E-state index contributed by atoms with van der Waals surface area (Å²) >= 11 is 5.85. The second kappa shape index (κ2) is 8.44. The number of aromatic nitrogens is 3. The van der Waals surface area contributed by atoms with E-state index in [0.29, 0.717) is 5.56 Å². The Hall–Kier alpha value is -3.38. The summed E-state index contributed by atoms with van der Waals surface area (Å²) in [6.45, 7) is 3.73. The van der Waals surface area contributed by atoms with Gasteiger partial charge in [0.2, 0.25) is 10.0 Å². The van der Waals surface area contributed by atoms with Gasteiger partial charge in [-0.1, -0.05) is 23.7 Å². The Bertz CT molecular complexity index is 1510. The maximum Gasteiger partial charge on any atom is 0.280 e. The highest BCUT2D eigenvalue weighted by atomic mass is 35.5. The van der Waals surface area contributed by atoms with E-state index in [1.54, 1.807) is 7.05 Å². The highest BCUT2D eigenvalue weighted by molar-refractivity contribution is 7.92. The summed E-state index contributed by atoms with van der Waals surface area (Å²) in [6, 6.07) is 3.85. The first-order valence-electron chi connectivity index (χ1n) is 10.1. The van der Waals surface area contributed by atoms with Crippen LogP contribution in [-0.2, 0) is 23.1 Å². The summed E-state index contributed by atoms with van der Waals surface area (Å²) in [7, 11) is -2.35. The SMILES string of the molecule is C=CCN(c1nn(Cc2ccc(F)c(Cl)c2)c(=O)c2c(O)c3n(c12)CCN(C)C3=O)S(C)(=O)=O. The lowest BCUT2D eigenvalue weighted by Gasteiger charge is -2.26. The van der Waals surface area contributed by atoms with E-state index in [-0.39, 0.29) is 53.6 Å². The number of hydrogen-bond acceptors (Lipinski definition) is 6. The molecule has 0 saturated carbocycles. The maximum atomic E-state index is 13.6. The molecule has 0 spiro atoms. The van der Waals surface area contributed by atoms with Crippen LogP contribution in [-0.4, -0.2) is 65.1 Å². The van der Waals surface area contributed by atoms with Crippen molar-refractivity contribution in [2.45, 2.75) is 13.1 Å². The fourth-order valence-electron chi connectivity index (χ4n) is 3.93. The Morgan fingerprint density at radius 2 is 2.03 bits per heavy atom. The number of amides is 1. The van der Waals surface area contributed by atoms with E-state index in [0.717, 1.165) is 21.3 Å². The number of carbonyl (C=O) groups excluding carboxylic acids is 1. The van der Waals surface area contributed by atoms with Gasteiger partial charge in [-0.2, -0.15) is 0 Å².